The number of hydrogen-bond acceptors (Lipinski definition) is 2. The first-order valence-electron chi connectivity index (χ1n) is 3.92. The molecule has 0 aliphatic carbocycles. The fraction of sp³-hybridized carbons (Fsp3) is 0.0833. The minimum absolute atomic E-state index is 0.376. The third-order valence-corrected chi connectivity index (χ3v) is 1.50. The van der Waals surface area contributed by atoms with E-state index in [1.807, 2.05) is 0 Å². The summed E-state index contributed by atoms with van der Waals surface area (Å²) in [6, 6.07) is 4.84. The third-order valence-electron chi connectivity index (χ3n) is 1.50. The summed E-state index contributed by atoms with van der Waals surface area (Å²) in [4.78, 5) is 10.7. The smallest absolute Gasteiger partial charge is 0.308 e. The summed E-state index contributed by atoms with van der Waals surface area (Å²) in [5, 5.41) is 0. The monoisotopic (exact) mass is 184 g/mol. The molecule has 0 aromatic heterocycles. The van der Waals surface area contributed by atoms with Crippen molar-refractivity contribution in [1.82, 2.24) is 0 Å². The van der Waals surface area contributed by atoms with Crippen molar-refractivity contribution >= 4 is 5.97 Å². The minimum Gasteiger partial charge on any atom is -0.427 e. The van der Waals surface area contributed by atoms with E-state index in [0.717, 1.165) is 0 Å². The highest BCUT2D eigenvalue weighted by molar-refractivity contribution is 5.69. The summed E-state index contributed by atoms with van der Waals surface area (Å²) in [5.41, 5.74) is 1.19. The van der Waals surface area contributed by atoms with Gasteiger partial charge in [-0.2, -0.15) is 0 Å². The lowest BCUT2D eigenvalue weighted by Gasteiger charge is -2.02. The van der Waals surface area contributed by atoms with E-state index >= 15 is 0 Å². The SMILES string of the molecule is C#Cc1cc(C#C)cc(OC(C)=O)c1. The Balaban J connectivity index is 3.14. The molecule has 1 rings (SSSR count). The van der Waals surface area contributed by atoms with Gasteiger partial charge in [0, 0.05) is 18.1 Å². The maximum atomic E-state index is 10.7. The number of ether oxygens (including phenoxy) is 1. The quantitative estimate of drug-likeness (QED) is 0.376. The van der Waals surface area contributed by atoms with E-state index in [-0.39, 0.29) is 0 Å². The molecule has 0 bridgehead atoms. The van der Waals surface area contributed by atoms with Crippen LogP contribution >= 0.6 is 0 Å². The Bertz CT molecular complexity index is 412. The fourth-order valence-electron chi connectivity index (χ4n) is 0.991. The fourth-order valence-corrected chi connectivity index (χ4v) is 0.991. The van der Waals surface area contributed by atoms with E-state index < -0.39 is 5.97 Å². The van der Waals surface area contributed by atoms with Gasteiger partial charge in [-0.3, -0.25) is 4.79 Å². The first kappa shape index (κ1) is 9.89. The van der Waals surface area contributed by atoms with E-state index in [4.69, 9.17) is 17.6 Å². The first-order valence-corrected chi connectivity index (χ1v) is 3.92. The van der Waals surface area contributed by atoms with Crippen molar-refractivity contribution in [2.24, 2.45) is 0 Å². The molecule has 14 heavy (non-hydrogen) atoms. The minimum atomic E-state index is -0.401. The van der Waals surface area contributed by atoms with Gasteiger partial charge in [0.25, 0.3) is 0 Å². The molecule has 0 heterocycles. The van der Waals surface area contributed by atoms with Crippen molar-refractivity contribution in [3.63, 3.8) is 0 Å². The molecule has 1 aromatic rings. The van der Waals surface area contributed by atoms with Crippen molar-refractivity contribution in [1.29, 1.82) is 0 Å². The summed E-state index contributed by atoms with van der Waals surface area (Å²) in [6.45, 7) is 1.32. The van der Waals surface area contributed by atoms with Gasteiger partial charge in [-0.1, -0.05) is 11.8 Å². The molecule has 1 aromatic carbocycles. The van der Waals surface area contributed by atoms with Crippen molar-refractivity contribution in [2.45, 2.75) is 6.92 Å². The second-order valence-electron chi connectivity index (χ2n) is 2.63. The molecule has 0 aliphatic rings. The summed E-state index contributed by atoms with van der Waals surface area (Å²) in [7, 11) is 0. The van der Waals surface area contributed by atoms with Crippen molar-refractivity contribution < 1.29 is 9.53 Å². The second kappa shape index (κ2) is 4.16. The molecule has 0 fully saturated rings. The van der Waals surface area contributed by atoms with Gasteiger partial charge >= 0.3 is 5.97 Å². The average Bonchev–Trinajstić information content (AvgIpc) is 2.16. The summed E-state index contributed by atoms with van der Waals surface area (Å²) in [5.74, 6) is 4.83. The maximum Gasteiger partial charge on any atom is 0.308 e. The highest BCUT2D eigenvalue weighted by atomic mass is 16.5. The molecule has 0 radical (unpaired) electrons. The molecule has 0 amide bonds. The summed E-state index contributed by atoms with van der Waals surface area (Å²) >= 11 is 0. The molecule has 0 aliphatic heterocycles. The number of terminal acetylenes is 2. The molecule has 2 nitrogen and oxygen atoms in total. The lowest BCUT2D eigenvalue weighted by atomic mass is 10.1. The highest BCUT2D eigenvalue weighted by Crippen LogP contribution is 2.16. The van der Waals surface area contributed by atoms with Crippen LogP contribution in [-0.2, 0) is 4.79 Å². The van der Waals surface area contributed by atoms with Crippen LogP contribution in [0.2, 0.25) is 0 Å². The summed E-state index contributed by atoms with van der Waals surface area (Å²) in [6.07, 6.45) is 10.4. The highest BCUT2D eigenvalue weighted by Gasteiger charge is 2.01. The number of esters is 1. The van der Waals surface area contributed by atoms with Crippen molar-refractivity contribution in [3.05, 3.63) is 29.3 Å². The van der Waals surface area contributed by atoms with E-state index in [9.17, 15) is 4.79 Å². The molecular formula is C12H8O2. The van der Waals surface area contributed by atoms with Gasteiger partial charge in [0.15, 0.2) is 0 Å². The number of benzene rings is 1. The molecular weight excluding hydrogens is 176 g/mol. The van der Waals surface area contributed by atoms with E-state index in [0.29, 0.717) is 16.9 Å². The van der Waals surface area contributed by atoms with Crippen LogP contribution < -0.4 is 4.74 Å². The average molecular weight is 184 g/mol. The van der Waals surface area contributed by atoms with Crippen LogP contribution in [0.25, 0.3) is 0 Å². The number of carbonyl (C=O) groups excluding carboxylic acids is 1. The summed E-state index contributed by atoms with van der Waals surface area (Å²) < 4.78 is 4.87. The van der Waals surface area contributed by atoms with Crippen LogP contribution in [-0.4, -0.2) is 5.97 Å². The largest absolute Gasteiger partial charge is 0.427 e. The van der Waals surface area contributed by atoms with E-state index in [1.165, 1.54) is 6.92 Å². The maximum absolute atomic E-state index is 10.7. The molecule has 0 N–H and O–H groups in total. The third kappa shape index (κ3) is 2.40. The van der Waals surface area contributed by atoms with Gasteiger partial charge in [0.2, 0.25) is 0 Å². The molecule has 2 heteroatoms. The van der Waals surface area contributed by atoms with Gasteiger partial charge in [0.1, 0.15) is 5.75 Å². The normalized spacial score (nSPS) is 8.50. The topological polar surface area (TPSA) is 26.3 Å². The zero-order chi connectivity index (χ0) is 10.6. The van der Waals surface area contributed by atoms with Crippen LogP contribution in [0.4, 0.5) is 0 Å². The Morgan fingerprint density at radius 3 is 2.07 bits per heavy atom. The first-order chi connectivity index (χ1) is 6.65. The predicted molar refractivity (Wildman–Crippen MR) is 53.6 cm³/mol. The lowest BCUT2D eigenvalue weighted by Crippen LogP contribution is -2.01. The van der Waals surface area contributed by atoms with Crippen molar-refractivity contribution in [2.75, 3.05) is 0 Å². The van der Waals surface area contributed by atoms with Gasteiger partial charge < -0.3 is 4.74 Å². The molecule has 68 valence electrons. The predicted octanol–water partition coefficient (Wildman–Crippen LogP) is 1.57. The van der Waals surface area contributed by atoms with Gasteiger partial charge in [-0.05, 0) is 18.2 Å². The van der Waals surface area contributed by atoms with Crippen LogP contribution in [0, 0.1) is 24.7 Å². The Morgan fingerprint density at radius 2 is 1.71 bits per heavy atom. The Hall–Kier alpha value is -2.19. The Kier molecular flexibility index (Phi) is 2.94. The Labute approximate surface area is 82.9 Å². The van der Waals surface area contributed by atoms with Crippen LogP contribution in [0.15, 0.2) is 18.2 Å². The van der Waals surface area contributed by atoms with Crippen LogP contribution in [0.3, 0.4) is 0 Å². The zero-order valence-corrected chi connectivity index (χ0v) is 7.70. The lowest BCUT2D eigenvalue weighted by molar-refractivity contribution is -0.131. The van der Waals surface area contributed by atoms with Crippen molar-refractivity contribution in [3.8, 4) is 30.4 Å². The van der Waals surface area contributed by atoms with Crippen LogP contribution in [0.5, 0.6) is 5.75 Å². The molecule has 0 saturated heterocycles. The number of hydrogen-bond donors (Lipinski definition) is 0. The second-order valence-corrected chi connectivity index (χ2v) is 2.63. The van der Waals surface area contributed by atoms with Gasteiger partial charge in [-0.15, -0.1) is 12.8 Å². The zero-order valence-electron chi connectivity index (χ0n) is 7.70. The molecule has 0 atom stereocenters. The molecule has 0 unspecified atom stereocenters. The van der Waals surface area contributed by atoms with E-state index in [1.54, 1.807) is 18.2 Å². The van der Waals surface area contributed by atoms with E-state index in [2.05, 4.69) is 11.8 Å². The van der Waals surface area contributed by atoms with Gasteiger partial charge in [0.05, 0.1) is 0 Å². The molecule has 0 spiro atoms. The van der Waals surface area contributed by atoms with Gasteiger partial charge in [-0.25, -0.2) is 0 Å². The van der Waals surface area contributed by atoms with Crippen LogP contribution in [0.1, 0.15) is 18.1 Å². The Morgan fingerprint density at radius 1 is 1.21 bits per heavy atom. The standard InChI is InChI=1S/C12H8O2/c1-4-10-6-11(5-2)8-12(7-10)14-9(3)13/h1-2,6-8H,3H3. The molecule has 0 saturated carbocycles. The number of carbonyl (C=O) groups is 1. The number of rotatable bonds is 1.